The zero-order valence-electron chi connectivity index (χ0n) is 14.7. The standard InChI is InChI=1S/C20H21ClN2O3/c1-2-11-22(16-8-7-14-5-3-4-6-15(14)12-16)20(24)18-10-9-17(23(25)26)13-19(18)21/h3-6,9-10,13,16H,2,7-8,11-12H2,1H3. The first-order valence-electron chi connectivity index (χ1n) is 8.83. The molecule has 6 heteroatoms. The minimum Gasteiger partial charge on any atom is -0.335 e. The SMILES string of the molecule is CCCN(C(=O)c1ccc([N+](=O)[O-])cc1Cl)C1CCc2ccccc2C1. The van der Waals surface area contributed by atoms with Crippen molar-refractivity contribution in [2.75, 3.05) is 6.54 Å². The van der Waals surface area contributed by atoms with Gasteiger partial charge in [-0.25, -0.2) is 0 Å². The van der Waals surface area contributed by atoms with Crippen LogP contribution in [-0.4, -0.2) is 28.3 Å². The lowest BCUT2D eigenvalue weighted by Gasteiger charge is -2.35. The largest absolute Gasteiger partial charge is 0.335 e. The number of hydrogen-bond donors (Lipinski definition) is 0. The Bertz CT molecular complexity index is 838. The monoisotopic (exact) mass is 372 g/mol. The van der Waals surface area contributed by atoms with Crippen molar-refractivity contribution in [2.24, 2.45) is 0 Å². The second-order valence-electron chi connectivity index (χ2n) is 6.59. The lowest BCUT2D eigenvalue weighted by atomic mass is 9.87. The van der Waals surface area contributed by atoms with Crippen molar-refractivity contribution in [2.45, 2.75) is 38.6 Å². The summed E-state index contributed by atoms with van der Waals surface area (Å²) >= 11 is 6.18. The number of hydrogen-bond acceptors (Lipinski definition) is 3. The molecular weight excluding hydrogens is 352 g/mol. The fourth-order valence-electron chi connectivity index (χ4n) is 3.58. The van der Waals surface area contributed by atoms with E-state index in [-0.39, 0.29) is 22.7 Å². The van der Waals surface area contributed by atoms with Gasteiger partial charge in [0.2, 0.25) is 0 Å². The van der Waals surface area contributed by atoms with Crippen LogP contribution < -0.4 is 0 Å². The molecule has 1 amide bonds. The summed E-state index contributed by atoms with van der Waals surface area (Å²) in [5.74, 6) is -0.156. The van der Waals surface area contributed by atoms with E-state index >= 15 is 0 Å². The summed E-state index contributed by atoms with van der Waals surface area (Å²) in [6, 6.07) is 12.5. The first-order valence-corrected chi connectivity index (χ1v) is 9.20. The summed E-state index contributed by atoms with van der Waals surface area (Å²) in [5, 5.41) is 11.0. The van der Waals surface area contributed by atoms with Gasteiger partial charge in [0.15, 0.2) is 0 Å². The van der Waals surface area contributed by atoms with Crippen LogP contribution in [-0.2, 0) is 12.8 Å². The molecule has 1 unspecified atom stereocenters. The fourth-order valence-corrected chi connectivity index (χ4v) is 3.84. The van der Waals surface area contributed by atoms with Crippen LogP contribution in [0.15, 0.2) is 42.5 Å². The lowest BCUT2D eigenvalue weighted by Crippen LogP contribution is -2.44. The molecule has 0 saturated heterocycles. The molecule has 0 aromatic heterocycles. The van der Waals surface area contributed by atoms with E-state index in [9.17, 15) is 14.9 Å². The van der Waals surface area contributed by atoms with Crippen LogP contribution in [0.4, 0.5) is 5.69 Å². The second kappa shape index (κ2) is 7.87. The Hall–Kier alpha value is -2.40. The Morgan fingerprint density at radius 1 is 1.27 bits per heavy atom. The van der Waals surface area contributed by atoms with Crippen LogP contribution in [0.25, 0.3) is 0 Å². The molecule has 136 valence electrons. The van der Waals surface area contributed by atoms with Crippen molar-refractivity contribution in [1.82, 2.24) is 4.90 Å². The predicted octanol–water partition coefficient (Wildman–Crippen LogP) is 4.66. The quantitative estimate of drug-likeness (QED) is 0.566. The van der Waals surface area contributed by atoms with Crippen LogP contribution in [0.2, 0.25) is 5.02 Å². The Kier molecular flexibility index (Phi) is 5.57. The van der Waals surface area contributed by atoms with E-state index in [0.29, 0.717) is 12.1 Å². The summed E-state index contributed by atoms with van der Waals surface area (Å²) in [6.45, 7) is 2.67. The highest BCUT2D eigenvalue weighted by molar-refractivity contribution is 6.34. The molecule has 0 spiro atoms. The summed E-state index contributed by atoms with van der Waals surface area (Å²) < 4.78 is 0. The van der Waals surface area contributed by atoms with Crippen molar-refractivity contribution in [1.29, 1.82) is 0 Å². The normalized spacial score (nSPS) is 16.0. The van der Waals surface area contributed by atoms with Crippen LogP contribution in [0, 0.1) is 10.1 Å². The molecule has 0 radical (unpaired) electrons. The number of fused-ring (bicyclic) bond motifs is 1. The summed E-state index contributed by atoms with van der Waals surface area (Å²) in [5.41, 5.74) is 2.85. The number of non-ortho nitro benzene ring substituents is 1. The van der Waals surface area contributed by atoms with Crippen LogP contribution in [0.3, 0.4) is 0 Å². The highest BCUT2D eigenvalue weighted by atomic mass is 35.5. The highest BCUT2D eigenvalue weighted by Crippen LogP contribution is 2.28. The van der Waals surface area contributed by atoms with Crippen molar-refractivity contribution < 1.29 is 9.72 Å². The predicted molar refractivity (Wildman–Crippen MR) is 102 cm³/mol. The average molecular weight is 373 g/mol. The average Bonchev–Trinajstić information content (AvgIpc) is 2.65. The Balaban J connectivity index is 1.86. The van der Waals surface area contributed by atoms with Gasteiger partial charge in [0.1, 0.15) is 0 Å². The van der Waals surface area contributed by atoms with Crippen molar-refractivity contribution in [3.05, 3.63) is 74.3 Å². The maximum atomic E-state index is 13.1. The third-order valence-corrected chi connectivity index (χ3v) is 5.19. The number of nitro groups is 1. The van der Waals surface area contributed by atoms with Gasteiger partial charge >= 0.3 is 0 Å². The second-order valence-corrected chi connectivity index (χ2v) is 6.99. The van der Waals surface area contributed by atoms with Gasteiger partial charge in [-0.3, -0.25) is 14.9 Å². The number of rotatable bonds is 5. The zero-order valence-corrected chi connectivity index (χ0v) is 15.4. The maximum absolute atomic E-state index is 13.1. The van der Waals surface area contributed by atoms with Crippen molar-refractivity contribution in [3.63, 3.8) is 0 Å². The minimum atomic E-state index is -0.512. The molecule has 0 aliphatic heterocycles. The number of nitro benzene ring substituents is 1. The van der Waals surface area contributed by atoms with E-state index in [0.717, 1.165) is 25.7 Å². The van der Waals surface area contributed by atoms with E-state index in [1.165, 1.54) is 29.3 Å². The maximum Gasteiger partial charge on any atom is 0.270 e. The third-order valence-electron chi connectivity index (χ3n) is 4.88. The van der Waals surface area contributed by atoms with Gasteiger partial charge in [-0.05, 0) is 42.9 Å². The zero-order chi connectivity index (χ0) is 18.7. The first-order chi connectivity index (χ1) is 12.5. The molecule has 1 aliphatic carbocycles. The highest BCUT2D eigenvalue weighted by Gasteiger charge is 2.29. The summed E-state index contributed by atoms with van der Waals surface area (Å²) in [7, 11) is 0. The first kappa shape index (κ1) is 18.4. The van der Waals surface area contributed by atoms with E-state index in [1.54, 1.807) is 0 Å². The Labute approximate surface area is 157 Å². The molecule has 0 N–H and O–H groups in total. The van der Waals surface area contributed by atoms with Gasteiger partial charge in [-0.1, -0.05) is 42.8 Å². The number of halogens is 1. The number of nitrogens with zero attached hydrogens (tertiary/aromatic N) is 2. The lowest BCUT2D eigenvalue weighted by molar-refractivity contribution is -0.384. The molecule has 26 heavy (non-hydrogen) atoms. The molecule has 0 saturated carbocycles. The van der Waals surface area contributed by atoms with Crippen LogP contribution >= 0.6 is 11.6 Å². The summed E-state index contributed by atoms with van der Waals surface area (Å²) in [4.78, 5) is 25.4. The van der Waals surface area contributed by atoms with Crippen LogP contribution in [0.1, 0.15) is 41.3 Å². The molecular formula is C20H21ClN2O3. The van der Waals surface area contributed by atoms with Gasteiger partial charge in [0.25, 0.3) is 11.6 Å². The Morgan fingerprint density at radius 2 is 2.00 bits per heavy atom. The molecule has 0 fully saturated rings. The molecule has 5 nitrogen and oxygen atoms in total. The molecule has 3 rings (SSSR count). The van der Waals surface area contributed by atoms with Gasteiger partial charge in [0.05, 0.1) is 15.5 Å². The van der Waals surface area contributed by atoms with Gasteiger partial charge in [-0.15, -0.1) is 0 Å². The van der Waals surface area contributed by atoms with E-state index < -0.39 is 4.92 Å². The van der Waals surface area contributed by atoms with Gasteiger partial charge < -0.3 is 4.90 Å². The molecule has 2 aromatic rings. The summed E-state index contributed by atoms with van der Waals surface area (Å²) in [6.07, 6.45) is 3.52. The topological polar surface area (TPSA) is 63.5 Å². The smallest absolute Gasteiger partial charge is 0.270 e. The fraction of sp³-hybridized carbons (Fsp3) is 0.350. The van der Waals surface area contributed by atoms with Crippen molar-refractivity contribution in [3.8, 4) is 0 Å². The molecule has 0 heterocycles. The number of carbonyl (C=O) groups is 1. The van der Waals surface area contributed by atoms with Gasteiger partial charge in [-0.2, -0.15) is 0 Å². The van der Waals surface area contributed by atoms with E-state index in [1.807, 2.05) is 24.0 Å². The van der Waals surface area contributed by atoms with E-state index in [4.69, 9.17) is 11.6 Å². The van der Waals surface area contributed by atoms with Crippen LogP contribution in [0.5, 0.6) is 0 Å². The van der Waals surface area contributed by atoms with Gasteiger partial charge in [0, 0.05) is 24.7 Å². The number of amides is 1. The number of aryl methyl sites for hydroxylation is 1. The molecule has 1 atom stereocenters. The molecule has 1 aliphatic rings. The molecule has 0 bridgehead atoms. The number of carbonyl (C=O) groups excluding carboxylic acids is 1. The van der Waals surface area contributed by atoms with E-state index in [2.05, 4.69) is 12.1 Å². The van der Waals surface area contributed by atoms with Crippen molar-refractivity contribution >= 4 is 23.2 Å². The third kappa shape index (κ3) is 3.73. The Morgan fingerprint density at radius 3 is 2.65 bits per heavy atom. The molecule has 2 aromatic carbocycles. The minimum absolute atomic E-state index is 0.111. The number of benzene rings is 2.